The molecule has 0 atom stereocenters. The second-order valence-corrected chi connectivity index (χ2v) is 5.82. The number of nitrogens with one attached hydrogen (secondary N) is 1. The number of hydrogen-bond acceptors (Lipinski definition) is 3. The Hall–Kier alpha value is -2.33. The van der Waals surface area contributed by atoms with Crippen molar-refractivity contribution in [3.8, 4) is 5.75 Å². The molecule has 5 heteroatoms. The van der Waals surface area contributed by atoms with Gasteiger partial charge in [-0.2, -0.15) is 0 Å². The zero-order chi connectivity index (χ0) is 16.2. The van der Waals surface area contributed by atoms with Crippen LogP contribution >= 0.6 is 11.6 Å². The maximum absolute atomic E-state index is 11.9. The molecule has 1 amide bonds. The van der Waals surface area contributed by atoms with Crippen LogP contribution < -0.4 is 10.1 Å². The molecule has 0 saturated carbocycles. The lowest BCUT2D eigenvalue weighted by molar-refractivity contribution is -0.118. The highest BCUT2D eigenvalue weighted by Crippen LogP contribution is 2.25. The molecule has 0 radical (unpaired) electrons. The first kappa shape index (κ1) is 15.6. The standard InChI is InChI=1S/C18H16ClNO3/c19-15-5-1-2-6-16(15)20-18(22)11-23-13-8-9-14-12(10-13)4-3-7-17(14)21/h1-2,5-6,8-10H,3-4,7,11H2,(H,20,22). The predicted molar refractivity (Wildman–Crippen MR) is 89.3 cm³/mol. The van der Waals surface area contributed by atoms with Gasteiger partial charge in [0.05, 0.1) is 10.7 Å². The summed E-state index contributed by atoms with van der Waals surface area (Å²) in [4.78, 5) is 23.7. The van der Waals surface area contributed by atoms with Crippen LogP contribution in [0.25, 0.3) is 0 Å². The molecule has 23 heavy (non-hydrogen) atoms. The van der Waals surface area contributed by atoms with Crippen LogP contribution in [0, 0.1) is 0 Å². The molecule has 0 bridgehead atoms. The molecule has 0 aromatic heterocycles. The third-order valence-electron chi connectivity index (χ3n) is 3.74. The van der Waals surface area contributed by atoms with E-state index >= 15 is 0 Å². The van der Waals surface area contributed by atoms with Gasteiger partial charge in [-0.25, -0.2) is 0 Å². The van der Waals surface area contributed by atoms with Crippen LogP contribution in [0.5, 0.6) is 5.75 Å². The van der Waals surface area contributed by atoms with Crippen molar-refractivity contribution in [1.82, 2.24) is 0 Å². The van der Waals surface area contributed by atoms with Crippen molar-refractivity contribution in [2.75, 3.05) is 11.9 Å². The van der Waals surface area contributed by atoms with Gasteiger partial charge >= 0.3 is 0 Å². The van der Waals surface area contributed by atoms with Crippen molar-refractivity contribution in [2.24, 2.45) is 0 Å². The van der Waals surface area contributed by atoms with Gasteiger partial charge < -0.3 is 10.1 Å². The molecular formula is C18H16ClNO3. The first-order chi connectivity index (χ1) is 11.1. The minimum atomic E-state index is -0.285. The van der Waals surface area contributed by atoms with Gasteiger partial charge in [0.2, 0.25) is 0 Å². The molecule has 4 nitrogen and oxygen atoms in total. The number of carbonyl (C=O) groups is 2. The van der Waals surface area contributed by atoms with E-state index in [9.17, 15) is 9.59 Å². The Labute approximate surface area is 139 Å². The molecule has 2 aromatic carbocycles. The summed E-state index contributed by atoms with van der Waals surface area (Å²) in [7, 11) is 0. The number of anilines is 1. The lowest BCUT2D eigenvalue weighted by Crippen LogP contribution is -2.20. The fraction of sp³-hybridized carbons (Fsp3) is 0.222. The minimum Gasteiger partial charge on any atom is -0.484 e. The van der Waals surface area contributed by atoms with Crippen LogP contribution in [0.15, 0.2) is 42.5 Å². The van der Waals surface area contributed by atoms with Crippen LogP contribution in [-0.2, 0) is 11.2 Å². The summed E-state index contributed by atoms with van der Waals surface area (Å²) in [6.07, 6.45) is 2.33. The maximum atomic E-state index is 11.9. The number of rotatable bonds is 4. The minimum absolute atomic E-state index is 0.113. The first-order valence-electron chi connectivity index (χ1n) is 7.47. The molecule has 0 fully saturated rings. The highest BCUT2D eigenvalue weighted by molar-refractivity contribution is 6.33. The fourth-order valence-corrected chi connectivity index (χ4v) is 2.79. The van der Waals surface area contributed by atoms with Gasteiger partial charge in [-0.1, -0.05) is 23.7 Å². The summed E-state index contributed by atoms with van der Waals surface area (Å²) in [6.45, 7) is -0.113. The van der Waals surface area contributed by atoms with E-state index in [4.69, 9.17) is 16.3 Å². The van der Waals surface area contributed by atoms with Crippen LogP contribution in [0.2, 0.25) is 5.02 Å². The van der Waals surface area contributed by atoms with Crippen molar-refractivity contribution in [2.45, 2.75) is 19.3 Å². The molecule has 1 aliphatic rings. The summed E-state index contributed by atoms with van der Waals surface area (Å²) >= 11 is 5.99. The third kappa shape index (κ3) is 3.71. The molecule has 1 aliphatic carbocycles. The lowest BCUT2D eigenvalue weighted by atomic mass is 9.91. The van der Waals surface area contributed by atoms with E-state index in [1.165, 1.54) is 0 Å². The van der Waals surface area contributed by atoms with E-state index in [0.717, 1.165) is 24.0 Å². The number of amides is 1. The largest absolute Gasteiger partial charge is 0.484 e. The molecule has 118 valence electrons. The van der Waals surface area contributed by atoms with Gasteiger partial charge in [0.15, 0.2) is 12.4 Å². The normalized spacial score (nSPS) is 13.3. The van der Waals surface area contributed by atoms with Gasteiger partial charge in [-0.15, -0.1) is 0 Å². The zero-order valence-electron chi connectivity index (χ0n) is 12.5. The Kier molecular flexibility index (Phi) is 4.63. The molecular weight excluding hydrogens is 314 g/mol. The number of halogens is 1. The molecule has 0 aliphatic heterocycles. The van der Waals surface area contributed by atoms with Crippen LogP contribution in [-0.4, -0.2) is 18.3 Å². The van der Waals surface area contributed by atoms with E-state index in [-0.39, 0.29) is 18.3 Å². The zero-order valence-corrected chi connectivity index (χ0v) is 13.2. The van der Waals surface area contributed by atoms with E-state index in [1.807, 2.05) is 6.07 Å². The van der Waals surface area contributed by atoms with Crippen LogP contribution in [0.3, 0.4) is 0 Å². The topological polar surface area (TPSA) is 55.4 Å². The second-order valence-electron chi connectivity index (χ2n) is 5.41. The van der Waals surface area contributed by atoms with E-state index in [2.05, 4.69) is 5.32 Å². The average Bonchev–Trinajstić information content (AvgIpc) is 2.55. The van der Waals surface area contributed by atoms with Gasteiger partial charge in [0, 0.05) is 12.0 Å². The number of Topliss-reactive ketones (excluding diaryl/α,β-unsaturated/α-hetero) is 1. The molecule has 0 saturated heterocycles. The van der Waals surface area contributed by atoms with E-state index in [0.29, 0.717) is 22.9 Å². The Balaban J connectivity index is 1.61. The Morgan fingerprint density at radius 2 is 2.00 bits per heavy atom. The summed E-state index contributed by atoms with van der Waals surface area (Å²) in [5.74, 6) is 0.480. The van der Waals surface area contributed by atoms with E-state index < -0.39 is 0 Å². The lowest BCUT2D eigenvalue weighted by Gasteiger charge is -2.16. The molecule has 2 aromatic rings. The van der Waals surface area contributed by atoms with Crippen molar-refractivity contribution in [3.05, 3.63) is 58.6 Å². The third-order valence-corrected chi connectivity index (χ3v) is 4.07. The number of carbonyl (C=O) groups excluding carboxylic acids is 2. The van der Waals surface area contributed by atoms with Gasteiger partial charge in [0.1, 0.15) is 5.75 Å². The number of benzene rings is 2. The Morgan fingerprint density at radius 3 is 2.83 bits per heavy atom. The average molecular weight is 330 g/mol. The SMILES string of the molecule is O=C(COc1ccc2c(c1)CCCC2=O)Nc1ccccc1Cl. The summed E-state index contributed by atoms with van der Waals surface area (Å²) < 4.78 is 5.51. The first-order valence-corrected chi connectivity index (χ1v) is 7.84. The highest BCUT2D eigenvalue weighted by Gasteiger charge is 2.17. The number of aryl methyl sites for hydroxylation is 1. The Morgan fingerprint density at radius 1 is 1.17 bits per heavy atom. The highest BCUT2D eigenvalue weighted by atomic mass is 35.5. The monoisotopic (exact) mass is 329 g/mol. The summed E-state index contributed by atoms with van der Waals surface area (Å²) in [5, 5.41) is 3.18. The number of hydrogen-bond donors (Lipinski definition) is 1. The summed E-state index contributed by atoms with van der Waals surface area (Å²) in [6, 6.07) is 12.4. The maximum Gasteiger partial charge on any atom is 0.262 e. The van der Waals surface area contributed by atoms with Crippen molar-refractivity contribution < 1.29 is 14.3 Å². The molecule has 1 N–H and O–H groups in total. The predicted octanol–water partition coefficient (Wildman–Crippen LogP) is 3.88. The van der Waals surface area contributed by atoms with Gasteiger partial charge in [0.25, 0.3) is 5.91 Å². The number of ether oxygens (including phenoxy) is 1. The number of fused-ring (bicyclic) bond motifs is 1. The van der Waals surface area contributed by atoms with Crippen molar-refractivity contribution in [3.63, 3.8) is 0 Å². The second kappa shape index (κ2) is 6.84. The molecule has 0 spiro atoms. The quantitative estimate of drug-likeness (QED) is 0.926. The number of para-hydroxylation sites is 1. The molecule has 0 heterocycles. The number of ketones is 1. The van der Waals surface area contributed by atoms with Crippen LogP contribution in [0.1, 0.15) is 28.8 Å². The Bertz CT molecular complexity index is 758. The fourth-order valence-electron chi connectivity index (χ4n) is 2.61. The smallest absolute Gasteiger partial charge is 0.262 e. The van der Waals surface area contributed by atoms with Crippen molar-refractivity contribution in [1.29, 1.82) is 0 Å². The molecule has 3 rings (SSSR count). The van der Waals surface area contributed by atoms with Crippen LogP contribution in [0.4, 0.5) is 5.69 Å². The van der Waals surface area contributed by atoms with E-state index in [1.54, 1.807) is 36.4 Å². The van der Waals surface area contributed by atoms with Gasteiger partial charge in [-0.3, -0.25) is 9.59 Å². The summed E-state index contributed by atoms with van der Waals surface area (Å²) in [5.41, 5.74) is 2.31. The van der Waals surface area contributed by atoms with Crippen molar-refractivity contribution >= 4 is 29.0 Å². The van der Waals surface area contributed by atoms with Gasteiger partial charge in [-0.05, 0) is 48.7 Å². The molecule has 0 unspecified atom stereocenters.